The van der Waals surface area contributed by atoms with Crippen LogP contribution in [0.5, 0.6) is 0 Å². The molecule has 1 aliphatic carbocycles. The highest BCUT2D eigenvalue weighted by Crippen LogP contribution is 2.30. The molecule has 5 nitrogen and oxygen atoms in total. The van der Waals surface area contributed by atoms with Gasteiger partial charge in [0.05, 0.1) is 4.91 Å². The van der Waals surface area contributed by atoms with Crippen LogP contribution in [0.2, 0.25) is 0 Å². The van der Waals surface area contributed by atoms with E-state index in [1.54, 1.807) is 6.26 Å². The monoisotopic (exact) mass is 311 g/mol. The third-order valence-electron chi connectivity index (χ3n) is 3.31. The van der Waals surface area contributed by atoms with Gasteiger partial charge in [-0.05, 0) is 25.3 Å². The van der Waals surface area contributed by atoms with Crippen molar-refractivity contribution in [3.05, 3.63) is 64.2 Å². The van der Waals surface area contributed by atoms with Gasteiger partial charge in [-0.2, -0.15) is 0 Å². The van der Waals surface area contributed by atoms with Gasteiger partial charge in [-0.3, -0.25) is 9.59 Å². The molecular weight excluding hydrogens is 298 g/mol. The third-order valence-corrected chi connectivity index (χ3v) is 4.11. The van der Waals surface area contributed by atoms with E-state index in [0.29, 0.717) is 4.91 Å². The zero-order chi connectivity index (χ0) is 15.7. The summed E-state index contributed by atoms with van der Waals surface area (Å²) in [5.74, 6) is -0.586. The standard InChI is InChI=1S/C16H13N3O2S/c1-9-3-5-10(6-4-9)19-13-14(20)11-12(18-8-7-17-11)15(21)16(13)22-2/h3-8,19H,1-2H3. The molecule has 3 rings (SSSR count). The Hall–Kier alpha value is -2.47. The number of aromatic nitrogens is 2. The molecule has 1 heterocycles. The number of ketones is 2. The molecule has 0 aliphatic heterocycles. The van der Waals surface area contributed by atoms with Crippen LogP contribution in [0, 0.1) is 6.92 Å². The van der Waals surface area contributed by atoms with E-state index in [1.807, 2.05) is 31.2 Å². The number of Topliss-reactive ketones (excluding diaryl/α,β-unsaturated/α-hetero) is 2. The van der Waals surface area contributed by atoms with Crippen molar-refractivity contribution in [3.63, 3.8) is 0 Å². The number of allylic oxidation sites excluding steroid dienone is 2. The number of rotatable bonds is 3. The number of benzene rings is 1. The van der Waals surface area contributed by atoms with Crippen molar-refractivity contribution >= 4 is 29.0 Å². The SMILES string of the molecule is CSC1=C(Nc2ccc(C)cc2)C(=O)c2nccnc2C1=O. The highest BCUT2D eigenvalue weighted by Gasteiger charge is 2.34. The lowest BCUT2D eigenvalue weighted by atomic mass is 10.0. The van der Waals surface area contributed by atoms with Crippen molar-refractivity contribution in [1.29, 1.82) is 0 Å². The molecule has 0 saturated heterocycles. The molecule has 22 heavy (non-hydrogen) atoms. The van der Waals surface area contributed by atoms with Crippen molar-refractivity contribution in [3.8, 4) is 0 Å². The summed E-state index contributed by atoms with van der Waals surface area (Å²) in [7, 11) is 0. The van der Waals surface area contributed by atoms with Crippen molar-refractivity contribution in [2.24, 2.45) is 0 Å². The largest absolute Gasteiger partial charge is 0.351 e. The van der Waals surface area contributed by atoms with Gasteiger partial charge in [-0.25, -0.2) is 9.97 Å². The summed E-state index contributed by atoms with van der Waals surface area (Å²) in [6.45, 7) is 1.98. The van der Waals surface area contributed by atoms with Gasteiger partial charge in [0.15, 0.2) is 0 Å². The summed E-state index contributed by atoms with van der Waals surface area (Å²) in [6, 6.07) is 7.60. The molecule has 0 saturated carbocycles. The predicted octanol–water partition coefficient (Wildman–Crippen LogP) is 2.85. The lowest BCUT2D eigenvalue weighted by molar-refractivity contribution is 0.0975. The van der Waals surface area contributed by atoms with Crippen LogP contribution in [0.4, 0.5) is 5.69 Å². The number of carbonyl (C=O) groups excluding carboxylic acids is 2. The summed E-state index contributed by atoms with van der Waals surface area (Å²) in [6.07, 6.45) is 4.59. The number of aryl methyl sites for hydroxylation is 1. The molecule has 110 valence electrons. The average Bonchev–Trinajstić information content (AvgIpc) is 2.55. The van der Waals surface area contributed by atoms with Crippen molar-refractivity contribution in [2.75, 3.05) is 11.6 Å². The normalized spacial score (nSPS) is 14.1. The quantitative estimate of drug-likeness (QED) is 0.939. The van der Waals surface area contributed by atoms with Gasteiger partial charge in [0.2, 0.25) is 11.6 Å². The van der Waals surface area contributed by atoms with Gasteiger partial charge in [0.25, 0.3) is 0 Å². The molecule has 2 aromatic rings. The Bertz CT molecular complexity index is 797. The molecule has 0 unspecified atom stereocenters. The molecule has 0 fully saturated rings. The summed E-state index contributed by atoms with van der Waals surface area (Å²) < 4.78 is 0. The number of anilines is 1. The van der Waals surface area contributed by atoms with Crippen molar-refractivity contribution in [1.82, 2.24) is 9.97 Å². The molecule has 1 N–H and O–H groups in total. The fourth-order valence-corrected chi connectivity index (χ4v) is 2.83. The Morgan fingerprint density at radius 1 is 0.955 bits per heavy atom. The average molecular weight is 311 g/mol. The van der Waals surface area contributed by atoms with Crippen LogP contribution in [-0.2, 0) is 0 Å². The van der Waals surface area contributed by atoms with E-state index in [1.165, 1.54) is 24.2 Å². The topological polar surface area (TPSA) is 72.0 Å². The van der Waals surface area contributed by atoms with Crippen LogP contribution in [0.1, 0.15) is 26.5 Å². The summed E-state index contributed by atoms with van der Waals surface area (Å²) in [5.41, 5.74) is 2.34. The Morgan fingerprint density at radius 3 is 2.14 bits per heavy atom. The first-order valence-corrected chi connectivity index (χ1v) is 7.86. The number of hydrogen-bond donors (Lipinski definition) is 1. The lowest BCUT2D eigenvalue weighted by Gasteiger charge is -2.19. The summed E-state index contributed by atoms with van der Waals surface area (Å²) in [4.78, 5) is 33.5. The minimum Gasteiger partial charge on any atom is -0.351 e. The first-order chi connectivity index (χ1) is 10.6. The Morgan fingerprint density at radius 2 is 1.55 bits per heavy atom. The number of nitrogens with zero attached hydrogens (tertiary/aromatic N) is 2. The van der Waals surface area contributed by atoms with Gasteiger partial charge in [0.1, 0.15) is 17.1 Å². The maximum atomic E-state index is 12.6. The minimum absolute atomic E-state index is 0.0971. The van der Waals surface area contributed by atoms with Gasteiger partial charge >= 0.3 is 0 Å². The Labute approximate surface area is 131 Å². The number of carbonyl (C=O) groups is 2. The predicted molar refractivity (Wildman–Crippen MR) is 86.0 cm³/mol. The van der Waals surface area contributed by atoms with Crippen LogP contribution in [0.15, 0.2) is 47.3 Å². The fourth-order valence-electron chi connectivity index (χ4n) is 2.20. The molecule has 6 heteroatoms. The van der Waals surface area contributed by atoms with Crippen LogP contribution < -0.4 is 5.32 Å². The Balaban J connectivity index is 2.06. The molecule has 0 bridgehead atoms. The van der Waals surface area contributed by atoms with E-state index in [-0.39, 0.29) is 28.7 Å². The molecule has 0 atom stereocenters. The van der Waals surface area contributed by atoms with E-state index in [4.69, 9.17) is 0 Å². The van der Waals surface area contributed by atoms with E-state index in [2.05, 4.69) is 15.3 Å². The van der Waals surface area contributed by atoms with Crippen molar-refractivity contribution in [2.45, 2.75) is 6.92 Å². The summed E-state index contributed by atoms with van der Waals surface area (Å²) in [5, 5.41) is 3.05. The smallest absolute Gasteiger partial charge is 0.231 e. The van der Waals surface area contributed by atoms with Crippen LogP contribution >= 0.6 is 11.8 Å². The fraction of sp³-hybridized carbons (Fsp3) is 0.125. The number of nitrogens with one attached hydrogen (secondary N) is 1. The first-order valence-electron chi connectivity index (χ1n) is 6.64. The summed E-state index contributed by atoms with van der Waals surface area (Å²) >= 11 is 1.23. The van der Waals surface area contributed by atoms with Crippen LogP contribution in [0.3, 0.4) is 0 Å². The number of thioether (sulfide) groups is 1. The molecule has 0 amide bonds. The second kappa shape index (κ2) is 5.73. The first kappa shape index (κ1) is 14.5. The van der Waals surface area contributed by atoms with Gasteiger partial charge in [-0.1, -0.05) is 17.7 Å². The Kier molecular flexibility index (Phi) is 3.77. The van der Waals surface area contributed by atoms with E-state index in [0.717, 1.165) is 11.3 Å². The van der Waals surface area contributed by atoms with Gasteiger partial charge in [0, 0.05) is 18.1 Å². The van der Waals surface area contributed by atoms with Gasteiger partial charge in [-0.15, -0.1) is 11.8 Å². The van der Waals surface area contributed by atoms with Crippen molar-refractivity contribution < 1.29 is 9.59 Å². The molecule has 0 radical (unpaired) electrons. The molecule has 1 aliphatic rings. The molecule has 1 aromatic heterocycles. The van der Waals surface area contributed by atoms with E-state index in [9.17, 15) is 9.59 Å². The van der Waals surface area contributed by atoms with E-state index >= 15 is 0 Å². The van der Waals surface area contributed by atoms with Crippen LogP contribution in [-0.4, -0.2) is 27.8 Å². The molecule has 0 spiro atoms. The number of fused-ring (bicyclic) bond motifs is 1. The zero-order valence-electron chi connectivity index (χ0n) is 12.1. The maximum Gasteiger partial charge on any atom is 0.231 e. The number of hydrogen-bond acceptors (Lipinski definition) is 6. The van der Waals surface area contributed by atoms with Gasteiger partial charge < -0.3 is 5.32 Å². The highest BCUT2D eigenvalue weighted by molar-refractivity contribution is 8.03. The lowest BCUT2D eigenvalue weighted by Crippen LogP contribution is -2.27. The van der Waals surface area contributed by atoms with E-state index < -0.39 is 0 Å². The zero-order valence-corrected chi connectivity index (χ0v) is 12.9. The highest BCUT2D eigenvalue weighted by atomic mass is 32.2. The van der Waals surface area contributed by atoms with Crippen LogP contribution in [0.25, 0.3) is 0 Å². The second-order valence-corrected chi connectivity index (χ2v) is 5.63. The minimum atomic E-state index is -0.312. The molecular formula is C16H13N3O2S. The molecule has 1 aromatic carbocycles. The second-order valence-electron chi connectivity index (χ2n) is 4.81. The third kappa shape index (κ3) is 2.42. The maximum absolute atomic E-state index is 12.6.